The minimum Gasteiger partial charge on any atom is -0.478 e. The fourth-order valence-corrected chi connectivity index (χ4v) is 4.58. The Morgan fingerprint density at radius 3 is 2.37 bits per heavy atom. The fraction of sp³-hybridized carbons (Fsp3) is 0.458. The highest BCUT2D eigenvalue weighted by atomic mass is 35.5. The molecule has 1 aromatic heterocycles. The molecule has 2 aromatic rings. The van der Waals surface area contributed by atoms with E-state index in [0.29, 0.717) is 30.6 Å². The Bertz CT molecular complexity index is 1070. The van der Waals surface area contributed by atoms with Crippen molar-refractivity contribution < 1.29 is 27.9 Å². The van der Waals surface area contributed by atoms with E-state index in [9.17, 15) is 22.8 Å². The Morgan fingerprint density at radius 2 is 1.83 bits per heavy atom. The van der Waals surface area contributed by atoms with Crippen LogP contribution in [-0.4, -0.2) is 45.6 Å². The van der Waals surface area contributed by atoms with Crippen molar-refractivity contribution in [2.24, 2.45) is 0 Å². The molecule has 1 fully saturated rings. The van der Waals surface area contributed by atoms with Gasteiger partial charge in [-0.2, -0.15) is 13.2 Å². The summed E-state index contributed by atoms with van der Waals surface area (Å²) < 4.78 is 32.9. The lowest BCUT2D eigenvalue weighted by Gasteiger charge is -2.26. The minimum atomic E-state index is -4.64. The van der Waals surface area contributed by atoms with Crippen LogP contribution in [0.5, 0.6) is 0 Å². The SMILES string of the molecule is CCC[C@@H]1CCCN1Cc1c(Cl)cc(Cl)c(=O)n1CCc1ccc(C(=O)O)cc1.O=CC(F)(F)F. The van der Waals surface area contributed by atoms with Crippen molar-refractivity contribution >= 4 is 35.5 Å². The molecule has 1 aliphatic heterocycles. The lowest BCUT2D eigenvalue weighted by Crippen LogP contribution is -2.33. The van der Waals surface area contributed by atoms with Crippen LogP contribution < -0.4 is 5.56 Å². The summed E-state index contributed by atoms with van der Waals surface area (Å²) in [5.74, 6) is -0.955. The zero-order chi connectivity index (χ0) is 26.2. The zero-order valence-corrected chi connectivity index (χ0v) is 20.7. The molecule has 0 radical (unpaired) electrons. The Hall–Kier alpha value is -2.36. The summed E-state index contributed by atoms with van der Waals surface area (Å²) in [6.45, 7) is 4.27. The number of alkyl halides is 3. The van der Waals surface area contributed by atoms with Crippen molar-refractivity contribution in [1.82, 2.24) is 9.47 Å². The van der Waals surface area contributed by atoms with Gasteiger partial charge in [-0.3, -0.25) is 14.5 Å². The molecule has 0 bridgehead atoms. The molecule has 0 spiro atoms. The quantitative estimate of drug-likeness (QED) is 0.445. The summed E-state index contributed by atoms with van der Waals surface area (Å²) in [5.41, 5.74) is 1.76. The maximum absolute atomic E-state index is 12.8. The van der Waals surface area contributed by atoms with Gasteiger partial charge in [-0.25, -0.2) is 4.79 Å². The van der Waals surface area contributed by atoms with Crippen molar-refractivity contribution in [3.63, 3.8) is 0 Å². The van der Waals surface area contributed by atoms with Crippen LogP contribution in [0.2, 0.25) is 10.0 Å². The molecule has 192 valence electrons. The van der Waals surface area contributed by atoms with E-state index in [1.165, 1.54) is 6.42 Å². The Morgan fingerprint density at radius 1 is 1.20 bits per heavy atom. The first kappa shape index (κ1) is 28.9. The molecule has 6 nitrogen and oxygen atoms in total. The number of aryl methyl sites for hydroxylation is 1. The highest BCUT2D eigenvalue weighted by molar-refractivity contribution is 6.34. The second-order valence-electron chi connectivity index (χ2n) is 8.21. The fourth-order valence-electron chi connectivity index (χ4n) is 4.04. The number of benzene rings is 1. The van der Waals surface area contributed by atoms with Crippen molar-refractivity contribution in [1.29, 1.82) is 0 Å². The number of likely N-dealkylation sites (tertiary alicyclic amines) is 1. The minimum absolute atomic E-state index is 0.117. The van der Waals surface area contributed by atoms with Crippen molar-refractivity contribution in [3.8, 4) is 0 Å². The van der Waals surface area contributed by atoms with Gasteiger partial charge >= 0.3 is 12.1 Å². The molecule has 2 heterocycles. The molecule has 0 unspecified atom stereocenters. The molecule has 1 atom stereocenters. The first-order valence-electron chi connectivity index (χ1n) is 11.1. The molecular formula is C24H27Cl2F3N2O4. The number of aromatic nitrogens is 1. The average molecular weight is 535 g/mol. The van der Waals surface area contributed by atoms with E-state index >= 15 is 0 Å². The standard InChI is InChI=1S/C22H26Cl2N2O3.C2HF3O/c1-2-4-17-5-3-11-25(17)14-20-18(23)13-19(24)21(27)26(20)12-10-15-6-8-16(9-7-15)22(28)29;3-2(4,5)1-6/h6-9,13,17H,2-5,10-12,14H2,1H3,(H,28,29);1H/t17-;/m1./s1. The smallest absolute Gasteiger partial charge is 0.446 e. The van der Waals surface area contributed by atoms with Gasteiger partial charge < -0.3 is 9.67 Å². The van der Waals surface area contributed by atoms with Gasteiger partial charge in [0.2, 0.25) is 6.29 Å². The van der Waals surface area contributed by atoms with Gasteiger partial charge in [-0.15, -0.1) is 0 Å². The lowest BCUT2D eigenvalue weighted by atomic mass is 10.1. The van der Waals surface area contributed by atoms with Crippen LogP contribution >= 0.6 is 23.2 Å². The number of halogens is 5. The maximum atomic E-state index is 12.8. The molecule has 0 saturated carbocycles. The van der Waals surface area contributed by atoms with E-state index < -0.39 is 18.4 Å². The van der Waals surface area contributed by atoms with Gasteiger partial charge in [0.1, 0.15) is 5.02 Å². The summed E-state index contributed by atoms with van der Waals surface area (Å²) in [4.78, 5) is 34.9. The molecule has 3 rings (SSSR count). The van der Waals surface area contributed by atoms with Crippen LogP contribution in [0.25, 0.3) is 0 Å². The Kier molecular flexibility index (Phi) is 10.8. The summed E-state index contributed by atoms with van der Waals surface area (Å²) in [7, 11) is 0. The third-order valence-electron chi connectivity index (χ3n) is 5.74. The van der Waals surface area contributed by atoms with Crippen LogP contribution in [0, 0.1) is 0 Å². The number of carbonyl (C=O) groups is 2. The number of carbonyl (C=O) groups excluding carboxylic acids is 1. The van der Waals surface area contributed by atoms with Crippen LogP contribution in [-0.2, 0) is 24.3 Å². The summed E-state index contributed by atoms with van der Waals surface area (Å²) in [5, 5.41) is 9.66. The number of rotatable bonds is 8. The van der Waals surface area contributed by atoms with E-state index in [4.69, 9.17) is 33.1 Å². The summed E-state index contributed by atoms with van der Waals surface area (Å²) in [6.07, 6.45) is -0.496. The number of hydrogen-bond donors (Lipinski definition) is 1. The number of aldehydes is 1. The van der Waals surface area contributed by atoms with Gasteiger partial charge in [0.25, 0.3) is 5.56 Å². The molecule has 35 heavy (non-hydrogen) atoms. The predicted octanol–water partition coefficient (Wildman–Crippen LogP) is 5.61. The van der Waals surface area contributed by atoms with Gasteiger partial charge in [0, 0.05) is 19.1 Å². The average Bonchev–Trinajstić information content (AvgIpc) is 3.24. The van der Waals surface area contributed by atoms with E-state index in [2.05, 4.69) is 11.8 Å². The second kappa shape index (κ2) is 13.1. The monoisotopic (exact) mass is 534 g/mol. The largest absolute Gasteiger partial charge is 0.478 e. The maximum Gasteiger partial charge on any atom is 0.446 e. The van der Waals surface area contributed by atoms with E-state index in [1.54, 1.807) is 34.9 Å². The van der Waals surface area contributed by atoms with Gasteiger partial charge in [0.15, 0.2) is 0 Å². The second-order valence-corrected chi connectivity index (χ2v) is 9.02. The van der Waals surface area contributed by atoms with E-state index in [1.807, 2.05) is 0 Å². The molecule has 1 aromatic carbocycles. The van der Waals surface area contributed by atoms with E-state index in [-0.39, 0.29) is 16.1 Å². The molecular weight excluding hydrogens is 508 g/mol. The molecule has 11 heteroatoms. The first-order valence-corrected chi connectivity index (χ1v) is 11.9. The first-order chi connectivity index (χ1) is 16.5. The normalized spacial score (nSPS) is 16.0. The molecule has 1 aliphatic rings. The molecule has 0 amide bonds. The highest BCUT2D eigenvalue weighted by Crippen LogP contribution is 2.27. The van der Waals surface area contributed by atoms with Crippen LogP contribution in [0.4, 0.5) is 13.2 Å². The van der Waals surface area contributed by atoms with Gasteiger partial charge in [0.05, 0.1) is 16.3 Å². The Labute approximate surface area is 211 Å². The number of pyridine rings is 1. The van der Waals surface area contributed by atoms with Crippen molar-refractivity contribution in [2.45, 2.75) is 64.3 Å². The number of aromatic carboxylic acids is 1. The van der Waals surface area contributed by atoms with Crippen LogP contribution in [0.1, 0.15) is 54.2 Å². The molecule has 0 aliphatic carbocycles. The summed E-state index contributed by atoms with van der Waals surface area (Å²) >= 11 is 12.6. The predicted molar refractivity (Wildman–Crippen MR) is 128 cm³/mol. The number of carboxylic acid groups (broad SMARTS) is 1. The molecule has 1 N–H and O–H groups in total. The number of hydrogen-bond acceptors (Lipinski definition) is 4. The third kappa shape index (κ3) is 8.66. The third-order valence-corrected chi connectivity index (χ3v) is 6.33. The van der Waals surface area contributed by atoms with E-state index in [0.717, 1.165) is 37.1 Å². The van der Waals surface area contributed by atoms with Crippen molar-refractivity contribution in [3.05, 3.63) is 67.6 Å². The topological polar surface area (TPSA) is 79.6 Å². The van der Waals surface area contributed by atoms with Gasteiger partial charge in [-0.1, -0.05) is 48.7 Å². The van der Waals surface area contributed by atoms with Crippen LogP contribution in [0.15, 0.2) is 35.1 Å². The lowest BCUT2D eigenvalue weighted by molar-refractivity contribution is -0.156. The van der Waals surface area contributed by atoms with Crippen molar-refractivity contribution in [2.75, 3.05) is 6.54 Å². The molecule has 1 saturated heterocycles. The Balaban J connectivity index is 0.000000641. The van der Waals surface area contributed by atoms with Gasteiger partial charge in [-0.05, 0) is 56.0 Å². The number of nitrogens with zero attached hydrogens (tertiary/aromatic N) is 2. The number of carboxylic acids is 1. The zero-order valence-electron chi connectivity index (χ0n) is 19.2. The summed E-state index contributed by atoms with van der Waals surface area (Å²) in [6, 6.07) is 8.77. The van der Waals surface area contributed by atoms with Crippen LogP contribution in [0.3, 0.4) is 0 Å². The highest BCUT2D eigenvalue weighted by Gasteiger charge is 2.26.